The van der Waals surface area contributed by atoms with Crippen LogP contribution in [0.4, 0.5) is 4.79 Å². The van der Waals surface area contributed by atoms with E-state index in [-0.39, 0.29) is 24.0 Å². The van der Waals surface area contributed by atoms with E-state index in [1.165, 1.54) is 0 Å². The second-order valence-electron chi connectivity index (χ2n) is 13.6. The molecule has 0 radical (unpaired) electrons. The van der Waals surface area contributed by atoms with E-state index in [4.69, 9.17) is 4.74 Å². The van der Waals surface area contributed by atoms with Crippen LogP contribution in [-0.4, -0.2) is 51.6 Å². The summed E-state index contributed by atoms with van der Waals surface area (Å²) in [6.45, 7) is 17.5. The minimum Gasteiger partial charge on any atom is -0.508 e. The second kappa shape index (κ2) is 15.8. The molecule has 2 aromatic carbocycles. The molecule has 0 aliphatic rings. The molecule has 0 bridgehead atoms. The van der Waals surface area contributed by atoms with Crippen molar-refractivity contribution in [2.45, 2.75) is 124 Å². The van der Waals surface area contributed by atoms with Crippen molar-refractivity contribution < 1.29 is 24.2 Å². The largest absolute Gasteiger partial charge is 0.508 e. The zero-order valence-electron chi connectivity index (χ0n) is 27.7. The summed E-state index contributed by atoms with van der Waals surface area (Å²) in [4.78, 5) is 43.3. The van der Waals surface area contributed by atoms with Crippen molar-refractivity contribution >= 4 is 17.9 Å². The van der Waals surface area contributed by atoms with Gasteiger partial charge < -0.3 is 25.4 Å². The summed E-state index contributed by atoms with van der Waals surface area (Å²) in [5, 5.41) is 15.7. The lowest BCUT2D eigenvalue weighted by Crippen LogP contribution is -2.55. The van der Waals surface area contributed by atoms with E-state index in [0.717, 1.165) is 47.9 Å². The molecule has 3 N–H and O–H groups in total. The standard InChI is InChI=1S/C35H53N3O5/c1-10-11-12-13-14-19-38(30(31(40)37-34(4,5)6)27-21-24(2)20-25(3)22-27)32(41)29(36-33(42)43-35(7,8)9)23-26-15-17-28(39)18-16-26/h15-18,20-22,29-30,39H,10-14,19,23H2,1-9H3,(H,36,42)(H,37,40). The summed E-state index contributed by atoms with van der Waals surface area (Å²) in [5.74, 6) is -0.545. The van der Waals surface area contributed by atoms with Crippen molar-refractivity contribution in [2.24, 2.45) is 0 Å². The number of alkyl carbamates (subject to hydrolysis) is 1. The Hall–Kier alpha value is -3.55. The van der Waals surface area contributed by atoms with Gasteiger partial charge in [0.1, 0.15) is 23.4 Å². The molecule has 0 heterocycles. The maximum Gasteiger partial charge on any atom is 0.408 e. The van der Waals surface area contributed by atoms with Gasteiger partial charge in [0, 0.05) is 18.5 Å². The van der Waals surface area contributed by atoms with Gasteiger partial charge in [-0.25, -0.2) is 4.79 Å². The Kier molecular flexibility index (Phi) is 13.1. The Morgan fingerprint density at radius 2 is 1.47 bits per heavy atom. The molecule has 2 aromatic rings. The molecular weight excluding hydrogens is 542 g/mol. The van der Waals surface area contributed by atoms with Gasteiger partial charge in [0.25, 0.3) is 0 Å². The van der Waals surface area contributed by atoms with E-state index < -0.39 is 29.3 Å². The second-order valence-corrected chi connectivity index (χ2v) is 13.6. The number of nitrogens with zero attached hydrogens (tertiary/aromatic N) is 1. The molecule has 2 rings (SSSR count). The summed E-state index contributed by atoms with van der Waals surface area (Å²) >= 11 is 0. The van der Waals surface area contributed by atoms with E-state index in [0.29, 0.717) is 13.0 Å². The Morgan fingerprint density at radius 3 is 2.00 bits per heavy atom. The van der Waals surface area contributed by atoms with Crippen LogP contribution in [0.15, 0.2) is 42.5 Å². The Labute approximate surface area is 258 Å². The zero-order valence-corrected chi connectivity index (χ0v) is 27.7. The van der Waals surface area contributed by atoms with Crippen LogP contribution < -0.4 is 10.6 Å². The van der Waals surface area contributed by atoms with Crippen LogP contribution in [-0.2, 0) is 20.7 Å². The van der Waals surface area contributed by atoms with Crippen LogP contribution >= 0.6 is 0 Å². The van der Waals surface area contributed by atoms with Gasteiger partial charge in [0.05, 0.1) is 0 Å². The fourth-order valence-electron chi connectivity index (χ4n) is 5.05. The third kappa shape index (κ3) is 12.7. The molecule has 0 fully saturated rings. The van der Waals surface area contributed by atoms with Crippen LogP contribution in [0.3, 0.4) is 0 Å². The monoisotopic (exact) mass is 595 g/mol. The fraction of sp³-hybridized carbons (Fsp3) is 0.571. The predicted molar refractivity (Wildman–Crippen MR) is 172 cm³/mol. The number of amides is 3. The number of ether oxygens (including phenoxy) is 1. The van der Waals surface area contributed by atoms with Crippen molar-refractivity contribution in [3.63, 3.8) is 0 Å². The van der Waals surface area contributed by atoms with Crippen LogP contribution in [0, 0.1) is 13.8 Å². The maximum atomic E-state index is 14.6. The van der Waals surface area contributed by atoms with Crippen molar-refractivity contribution in [1.29, 1.82) is 0 Å². The third-order valence-electron chi connectivity index (χ3n) is 6.77. The van der Waals surface area contributed by atoms with E-state index in [9.17, 15) is 19.5 Å². The number of phenolic OH excluding ortho intramolecular Hbond substituents is 1. The van der Waals surface area contributed by atoms with Gasteiger partial charge in [0.15, 0.2) is 0 Å². The first kappa shape index (κ1) is 35.6. The number of hydrogen-bond acceptors (Lipinski definition) is 5. The van der Waals surface area contributed by atoms with Crippen LogP contribution in [0.2, 0.25) is 0 Å². The van der Waals surface area contributed by atoms with Gasteiger partial charge in [-0.2, -0.15) is 0 Å². The van der Waals surface area contributed by atoms with Gasteiger partial charge in [-0.05, 0) is 85.1 Å². The van der Waals surface area contributed by atoms with Crippen LogP contribution in [0.25, 0.3) is 0 Å². The highest BCUT2D eigenvalue weighted by atomic mass is 16.6. The molecule has 0 spiro atoms. The first-order valence-electron chi connectivity index (χ1n) is 15.5. The molecule has 8 nitrogen and oxygen atoms in total. The van der Waals surface area contributed by atoms with Crippen molar-refractivity contribution in [3.05, 3.63) is 64.7 Å². The third-order valence-corrected chi connectivity index (χ3v) is 6.77. The molecular formula is C35H53N3O5. The van der Waals surface area contributed by atoms with E-state index in [1.807, 2.05) is 52.8 Å². The molecule has 3 amide bonds. The molecule has 0 aliphatic heterocycles. The molecule has 2 atom stereocenters. The quantitative estimate of drug-likeness (QED) is 0.218. The van der Waals surface area contributed by atoms with Crippen molar-refractivity contribution in [2.75, 3.05) is 6.54 Å². The lowest BCUT2D eigenvalue weighted by atomic mass is 9.96. The normalized spacial score (nSPS) is 13.1. The smallest absolute Gasteiger partial charge is 0.408 e. The molecule has 0 aliphatic carbocycles. The van der Waals surface area contributed by atoms with Crippen LogP contribution in [0.5, 0.6) is 5.75 Å². The first-order valence-corrected chi connectivity index (χ1v) is 15.5. The minimum atomic E-state index is -1.01. The summed E-state index contributed by atoms with van der Waals surface area (Å²) in [7, 11) is 0. The highest BCUT2D eigenvalue weighted by molar-refractivity contribution is 5.92. The Bertz CT molecular complexity index is 1190. The number of rotatable bonds is 13. The molecule has 238 valence electrons. The van der Waals surface area contributed by atoms with Gasteiger partial charge in [-0.15, -0.1) is 0 Å². The van der Waals surface area contributed by atoms with Gasteiger partial charge in [-0.3, -0.25) is 9.59 Å². The van der Waals surface area contributed by atoms with E-state index in [1.54, 1.807) is 49.9 Å². The lowest BCUT2D eigenvalue weighted by Gasteiger charge is -2.36. The summed E-state index contributed by atoms with van der Waals surface area (Å²) in [6.07, 6.45) is 4.31. The van der Waals surface area contributed by atoms with Crippen LogP contribution in [0.1, 0.15) is 109 Å². The molecule has 0 saturated heterocycles. The first-order chi connectivity index (χ1) is 20.0. The molecule has 8 heteroatoms. The Morgan fingerprint density at radius 1 is 0.884 bits per heavy atom. The number of aromatic hydroxyl groups is 1. The summed E-state index contributed by atoms with van der Waals surface area (Å²) < 4.78 is 5.53. The minimum absolute atomic E-state index is 0.106. The average molecular weight is 596 g/mol. The SMILES string of the molecule is CCCCCCCN(C(=O)C(Cc1ccc(O)cc1)NC(=O)OC(C)(C)C)C(C(=O)NC(C)(C)C)c1cc(C)cc(C)c1. The Balaban J connectivity index is 2.62. The lowest BCUT2D eigenvalue weighted by molar-refractivity contribution is -0.143. The van der Waals surface area contributed by atoms with E-state index in [2.05, 4.69) is 17.6 Å². The number of unbranched alkanes of at least 4 members (excludes halogenated alkanes) is 4. The number of nitrogens with one attached hydrogen (secondary N) is 2. The number of benzene rings is 2. The summed E-state index contributed by atoms with van der Waals surface area (Å²) in [6, 6.07) is 10.6. The number of hydrogen-bond donors (Lipinski definition) is 3. The molecule has 0 aromatic heterocycles. The molecule has 43 heavy (non-hydrogen) atoms. The highest BCUT2D eigenvalue weighted by Gasteiger charge is 2.37. The topological polar surface area (TPSA) is 108 Å². The van der Waals surface area contributed by atoms with Crippen molar-refractivity contribution in [1.82, 2.24) is 15.5 Å². The van der Waals surface area contributed by atoms with Gasteiger partial charge >= 0.3 is 6.09 Å². The fourth-order valence-corrected chi connectivity index (χ4v) is 5.05. The number of phenols is 1. The predicted octanol–water partition coefficient (Wildman–Crippen LogP) is 6.90. The number of carbonyl (C=O) groups is 3. The highest BCUT2D eigenvalue weighted by Crippen LogP contribution is 2.27. The average Bonchev–Trinajstić information content (AvgIpc) is 2.85. The zero-order chi connectivity index (χ0) is 32.4. The van der Waals surface area contributed by atoms with E-state index >= 15 is 0 Å². The molecule has 0 saturated carbocycles. The number of carbonyl (C=O) groups excluding carboxylic acids is 3. The van der Waals surface area contributed by atoms with Crippen molar-refractivity contribution in [3.8, 4) is 5.75 Å². The summed E-state index contributed by atoms with van der Waals surface area (Å²) in [5.41, 5.74) is 2.17. The maximum absolute atomic E-state index is 14.6. The van der Waals surface area contributed by atoms with Gasteiger partial charge in [0.2, 0.25) is 11.8 Å². The number of aryl methyl sites for hydroxylation is 2. The van der Waals surface area contributed by atoms with Gasteiger partial charge in [-0.1, -0.05) is 74.1 Å². The molecule has 2 unspecified atom stereocenters.